The van der Waals surface area contributed by atoms with Crippen LogP contribution in [0.1, 0.15) is 181 Å². The van der Waals surface area contributed by atoms with E-state index < -0.39 is 26.5 Å². The summed E-state index contributed by atoms with van der Waals surface area (Å²) in [4.78, 5) is 35.3. The van der Waals surface area contributed by atoms with Crippen LogP contribution in [0, 0.1) is 0 Å². The minimum atomic E-state index is -4.37. The minimum Gasteiger partial charge on any atom is -0.462 e. The Hall–Kier alpha value is -1.51. The summed E-state index contributed by atoms with van der Waals surface area (Å²) in [7, 11) is 1.47. The smallest absolute Gasteiger partial charge is 0.462 e. The van der Waals surface area contributed by atoms with Crippen LogP contribution in [0.5, 0.6) is 0 Å². The Bertz CT molecular complexity index is 949. The summed E-state index contributed by atoms with van der Waals surface area (Å²) in [6, 6.07) is 0. The van der Waals surface area contributed by atoms with Crippen molar-refractivity contribution in [2.45, 2.75) is 187 Å². The van der Waals surface area contributed by atoms with Crippen LogP contribution in [0.4, 0.5) is 0 Å². The molecule has 9 nitrogen and oxygen atoms in total. The molecule has 52 heavy (non-hydrogen) atoms. The Morgan fingerprint density at radius 1 is 0.577 bits per heavy atom. The van der Waals surface area contributed by atoms with Crippen LogP contribution in [-0.2, 0) is 32.7 Å². The highest BCUT2D eigenvalue weighted by Crippen LogP contribution is 2.43. The molecule has 0 bridgehead atoms. The Morgan fingerprint density at radius 2 is 0.981 bits per heavy atom. The average molecular weight is 759 g/mol. The van der Waals surface area contributed by atoms with Crippen LogP contribution in [0.15, 0.2) is 24.3 Å². The number of allylic oxidation sites excluding steroid dienone is 4. The number of unbranched alkanes of at least 4 members (excludes halogenated alkanes) is 20. The molecule has 10 heteroatoms. The first-order valence-corrected chi connectivity index (χ1v) is 22.6. The van der Waals surface area contributed by atoms with Crippen molar-refractivity contribution in [1.29, 1.82) is 0 Å². The van der Waals surface area contributed by atoms with E-state index in [1.807, 2.05) is 21.1 Å². The van der Waals surface area contributed by atoms with Crippen LogP contribution >= 0.6 is 7.82 Å². The van der Waals surface area contributed by atoms with Crippen molar-refractivity contribution in [3.63, 3.8) is 0 Å². The van der Waals surface area contributed by atoms with Crippen molar-refractivity contribution in [1.82, 2.24) is 0 Å². The number of carbonyl (C=O) groups is 2. The molecular weight excluding hydrogens is 677 g/mol. The fraction of sp³-hybridized carbons (Fsp3) is 0.857. The molecule has 0 aromatic carbocycles. The van der Waals surface area contributed by atoms with Crippen molar-refractivity contribution in [2.24, 2.45) is 0 Å². The van der Waals surface area contributed by atoms with E-state index in [1.54, 1.807) is 0 Å². The fourth-order valence-electron chi connectivity index (χ4n) is 5.59. The molecule has 306 valence electrons. The highest BCUT2D eigenvalue weighted by molar-refractivity contribution is 7.47. The molecule has 0 aliphatic rings. The summed E-state index contributed by atoms with van der Waals surface area (Å²) in [6.45, 7) is 4.38. The number of quaternary nitrogens is 1. The number of likely N-dealkylation sites (N-methyl/N-ethyl adjacent to an activating group) is 1. The molecule has 0 radical (unpaired) electrons. The second-order valence-electron chi connectivity index (χ2n) is 15.4. The van der Waals surface area contributed by atoms with E-state index in [4.69, 9.17) is 18.5 Å². The summed E-state index contributed by atoms with van der Waals surface area (Å²) in [5, 5.41) is 0. The van der Waals surface area contributed by atoms with E-state index >= 15 is 0 Å². The third-order valence-corrected chi connectivity index (χ3v) is 9.94. The van der Waals surface area contributed by atoms with Crippen LogP contribution < -0.4 is 0 Å². The minimum absolute atomic E-state index is 0.0298. The van der Waals surface area contributed by atoms with Crippen LogP contribution in [0.3, 0.4) is 0 Å². The number of ether oxygens (including phenoxy) is 2. The van der Waals surface area contributed by atoms with Gasteiger partial charge in [-0.2, -0.15) is 0 Å². The largest absolute Gasteiger partial charge is 0.472 e. The zero-order chi connectivity index (χ0) is 38.6. The summed E-state index contributed by atoms with van der Waals surface area (Å²) in [5.41, 5.74) is 0. The topological polar surface area (TPSA) is 108 Å². The predicted octanol–water partition coefficient (Wildman–Crippen LogP) is 11.6. The van der Waals surface area contributed by atoms with Gasteiger partial charge in [0.25, 0.3) is 0 Å². The third kappa shape index (κ3) is 38.2. The third-order valence-electron chi connectivity index (χ3n) is 8.95. The van der Waals surface area contributed by atoms with Gasteiger partial charge in [-0.1, -0.05) is 128 Å². The summed E-state index contributed by atoms with van der Waals surface area (Å²) in [5.74, 6) is -0.817. The lowest BCUT2D eigenvalue weighted by Crippen LogP contribution is -2.37. The van der Waals surface area contributed by atoms with Gasteiger partial charge in [0.2, 0.25) is 0 Å². The van der Waals surface area contributed by atoms with Crippen molar-refractivity contribution in [3.05, 3.63) is 24.3 Å². The van der Waals surface area contributed by atoms with Gasteiger partial charge in [-0.15, -0.1) is 0 Å². The first-order chi connectivity index (χ1) is 25.0. The maximum absolute atomic E-state index is 12.6. The standard InChI is InChI=1S/C42H80NO8P/c1-6-8-10-12-14-16-18-20-21-23-24-26-28-30-32-34-41(44)48-38-40(39-50-52(46,47)49-37-36-43(3,4)5)51-42(45)35-33-31-29-27-25-22-19-17-15-13-11-9-7-2/h17,19-21,40H,6-16,18,22-39H2,1-5H3/p+1/b19-17-,21-20-/t40-/m1/s1. The zero-order valence-electron chi connectivity index (χ0n) is 34.3. The molecule has 0 heterocycles. The van der Waals surface area contributed by atoms with Crippen LogP contribution in [0.2, 0.25) is 0 Å². The lowest BCUT2D eigenvalue weighted by Gasteiger charge is -2.24. The normalized spacial score (nSPS) is 13.9. The van der Waals surface area contributed by atoms with Crippen molar-refractivity contribution >= 4 is 19.8 Å². The van der Waals surface area contributed by atoms with Gasteiger partial charge < -0.3 is 18.9 Å². The van der Waals surface area contributed by atoms with Crippen molar-refractivity contribution < 1.29 is 42.1 Å². The van der Waals surface area contributed by atoms with Crippen molar-refractivity contribution in [2.75, 3.05) is 47.5 Å². The predicted molar refractivity (Wildman–Crippen MR) is 215 cm³/mol. The quantitative estimate of drug-likeness (QED) is 0.0218. The Kier molecular flexibility index (Phi) is 34.2. The van der Waals surface area contributed by atoms with Gasteiger partial charge in [0.15, 0.2) is 6.10 Å². The molecule has 0 aliphatic heterocycles. The zero-order valence-corrected chi connectivity index (χ0v) is 35.2. The Balaban J connectivity index is 4.40. The first kappa shape index (κ1) is 50.5. The van der Waals surface area contributed by atoms with E-state index in [-0.39, 0.29) is 32.0 Å². The lowest BCUT2D eigenvalue weighted by molar-refractivity contribution is -0.870. The number of phosphoric acid groups is 1. The first-order valence-electron chi connectivity index (χ1n) is 21.1. The molecule has 0 spiro atoms. The highest BCUT2D eigenvalue weighted by atomic mass is 31.2. The SMILES string of the molecule is CCCCCC/C=C\CCCCCCCC(=O)O[C@H](COC(=O)CCCCCCC/C=C\CCCCCCCC)COP(=O)(O)OCC[N+](C)(C)C. The van der Waals surface area contributed by atoms with E-state index in [1.165, 1.54) is 77.0 Å². The fourth-order valence-corrected chi connectivity index (χ4v) is 6.33. The molecule has 0 aromatic rings. The van der Waals surface area contributed by atoms with Gasteiger partial charge in [-0.3, -0.25) is 18.6 Å². The van der Waals surface area contributed by atoms with Gasteiger partial charge in [0.05, 0.1) is 27.7 Å². The second kappa shape index (κ2) is 35.2. The van der Waals surface area contributed by atoms with Gasteiger partial charge in [-0.05, 0) is 64.2 Å². The molecule has 0 fully saturated rings. The van der Waals surface area contributed by atoms with Gasteiger partial charge >= 0.3 is 19.8 Å². The number of rotatable bonds is 38. The second-order valence-corrected chi connectivity index (χ2v) is 16.8. The van der Waals surface area contributed by atoms with Gasteiger partial charge in [0.1, 0.15) is 19.8 Å². The van der Waals surface area contributed by atoms with E-state index in [0.717, 1.165) is 70.6 Å². The maximum Gasteiger partial charge on any atom is 0.472 e. The summed E-state index contributed by atoms with van der Waals surface area (Å²) >= 11 is 0. The van der Waals surface area contributed by atoms with Crippen LogP contribution in [0.25, 0.3) is 0 Å². The number of phosphoric ester groups is 1. The van der Waals surface area contributed by atoms with Crippen LogP contribution in [-0.4, -0.2) is 74.9 Å². The maximum atomic E-state index is 12.6. The molecule has 0 aromatic heterocycles. The summed E-state index contributed by atoms with van der Waals surface area (Å²) < 4.78 is 34.2. The Labute approximate surface area is 319 Å². The molecule has 2 atom stereocenters. The Morgan fingerprint density at radius 3 is 1.44 bits per heavy atom. The average Bonchev–Trinajstić information content (AvgIpc) is 3.09. The van der Waals surface area contributed by atoms with Gasteiger partial charge in [-0.25, -0.2) is 4.57 Å². The van der Waals surface area contributed by atoms with E-state index in [0.29, 0.717) is 17.4 Å². The number of nitrogens with zero attached hydrogens (tertiary/aromatic N) is 1. The van der Waals surface area contributed by atoms with Crippen molar-refractivity contribution in [3.8, 4) is 0 Å². The molecule has 0 saturated carbocycles. The van der Waals surface area contributed by atoms with E-state index in [9.17, 15) is 19.0 Å². The van der Waals surface area contributed by atoms with Gasteiger partial charge in [0, 0.05) is 12.8 Å². The molecule has 1 N–H and O–H groups in total. The summed E-state index contributed by atoms with van der Waals surface area (Å²) in [6.07, 6.45) is 36.5. The number of hydrogen-bond donors (Lipinski definition) is 1. The number of carbonyl (C=O) groups excluding carboxylic acids is 2. The molecule has 0 amide bonds. The molecule has 0 rings (SSSR count). The molecule has 0 saturated heterocycles. The number of hydrogen-bond acceptors (Lipinski definition) is 7. The number of esters is 2. The lowest BCUT2D eigenvalue weighted by atomic mass is 10.1. The van der Waals surface area contributed by atoms with E-state index in [2.05, 4.69) is 38.2 Å². The monoisotopic (exact) mass is 759 g/mol. The molecule has 0 aliphatic carbocycles. The highest BCUT2D eigenvalue weighted by Gasteiger charge is 2.27. The molecule has 1 unspecified atom stereocenters. The molecular formula is C42H81NO8P+.